The van der Waals surface area contributed by atoms with Crippen LogP contribution in [0.4, 0.5) is 0 Å². The van der Waals surface area contributed by atoms with Crippen molar-refractivity contribution < 1.29 is 18.8 Å². The van der Waals surface area contributed by atoms with E-state index >= 15 is 0 Å². The molecule has 0 aliphatic rings. The summed E-state index contributed by atoms with van der Waals surface area (Å²) in [5.41, 5.74) is 2.07. The molecule has 2 aromatic rings. The van der Waals surface area contributed by atoms with Crippen LogP contribution in [0.3, 0.4) is 0 Å². The van der Waals surface area contributed by atoms with Crippen molar-refractivity contribution >= 4 is 17.0 Å². The Morgan fingerprint density at radius 3 is 2.45 bits per heavy atom. The summed E-state index contributed by atoms with van der Waals surface area (Å²) in [7, 11) is 3.04. The van der Waals surface area contributed by atoms with Gasteiger partial charge in [-0.05, 0) is 19.4 Å². The molecule has 20 heavy (non-hydrogen) atoms. The molecule has 0 bridgehead atoms. The predicted molar refractivity (Wildman–Crippen MR) is 74.8 cm³/mol. The first-order valence-corrected chi connectivity index (χ1v) is 5.96. The molecule has 0 fully saturated rings. The molecule has 1 heterocycles. The molecule has 0 N–H and O–H groups in total. The van der Waals surface area contributed by atoms with Gasteiger partial charge in [0.05, 0.1) is 19.1 Å². The Morgan fingerprint density at radius 1 is 1.25 bits per heavy atom. The van der Waals surface area contributed by atoms with Crippen molar-refractivity contribution in [2.45, 2.75) is 13.8 Å². The number of furan rings is 1. The van der Waals surface area contributed by atoms with E-state index in [-0.39, 0.29) is 0 Å². The highest BCUT2D eigenvalue weighted by atomic mass is 16.6. The summed E-state index contributed by atoms with van der Waals surface area (Å²) in [5, 5.41) is 11.3. The Kier molecular flexibility index (Phi) is 3.65. The Bertz CT molecular complexity index is 699. The zero-order chi connectivity index (χ0) is 14.9. The molecule has 0 atom stereocenters. The largest absolute Gasteiger partial charge is 0.496 e. The highest BCUT2D eigenvalue weighted by Gasteiger charge is 2.19. The fourth-order valence-corrected chi connectivity index (χ4v) is 2.13. The molecule has 1 aromatic carbocycles. The molecule has 0 radical (unpaired) electrons. The lowest BCUT2D eigenvalue weighted by Crippen LogP contribution is -1.93. The van der Waals surface area contributed by atoms with Gasteiger partial charge < -0.3 is 13.9 Å². The van der Waals surface area contributed by atoms with E-state index in [0.29, 0.717) is 22.6 Å². The third kappa shape index (κ3) is 2.20. The summed E-state index contributed by atoms with van der Waals surface area (Å²) >= 11 is 0. The lowest BCUT2D eigenvalue weighted by Gasteiger charge is -2.09. The van der Waals surface area contributed by atoms with Gasteiger partial charge in [0, 0.05) is 23.1 Å². The quantitative estimate of drug-likeness (QED) is 0.633. The Hall–Kier alpha value is -2.50. The van der Waals surface area contributed by atoms with Gasteiger partial charge in [-0.1, -0.05) is 0 Å². The molecular weight excluding hydrogens is 262 g/mol. The van der Waals surface area contributed by atoms with Gasteiger partial charge in [-0.2, -0.15) is 0 Å². The molecule has 1 aromatic heterocycles. The van der Waals surface area contributed by atoms with E-state index in [9.17, 15) is 10.1 Å². The van der Waals surface area contributed by atoms with Gasteiger partial charge in [0.15, 0.2) is 11.3 Å². The molecule has 0 aliphatic heterocycles. The summed E-state index contributed by atoms with van der Waals surface area (Å²) in [6.07, 6.45) is 2.29. The van der Waals surface area contributed by atoms with Gasteiger partial charge in [-0.15, -0.1) is 0 Å². The maximum absolute atomic E-state index is 10.6. The summed E-state index contributed by atoms with van der Waals surface area (Å²) in [4.78, 5) is 10.0. The topological polar surface area (TPSA) is 74.7 Å². The van der Waals surface area contributed by atoms with Crippen LogP contribution >= 0.6 is 0 Å². The number of nitro groups is 1. The van der Waals surface area contributed by atoms with Gasteiger partial charge in [0.1, 0.15) is 11.5 Å². The number of fused-ring (bicyclic) bond motifs is 1. The van der Waals surface area contributed by atoms with Gasteiger partial charge in [-0.3, -0.25) is 10.1 Å². The van der Waals surface area contributed by atoms with Crippen molar-refractivity contribution in [3.8, 4) is 11.5 Å². The minimum absolute atomic E-state index is 0.497. The van der Waals surface area contributed by atoms with Crippen LogP contribution in [-0.2, 0) is 0 Å². The van der Waals surface area contributed by atoms with Crippen molar-refractivity contribution in [2.24, 2.45) is 0 Å². The Balaban J connectivity index is 2.85. The van der Waals surface area contributed by atoms with Crippen LogP contribution < -0.4 is 9.47 Å². The molecule has 0 aliphatic carbocycles. The first kappa shape index (κ1) is 13.9. The van der Waals surface area contributed by atoms with E-state index in [1.807, 2.05) is 13.8 Å². The fourth-order valence-electron chi connectivity index (χ4n) is 2.13. The van der Waals surface area contributed by atoms with Crippen LogP contribution in [0.15, 0.2) is 16.7 Å². The van der Waals surface area contributed by atoms with Crippen molar-refractivity contribution in [3.05, 3.63) is 39.3 Å². The van der Waals surface area contributed by atoms with E-state index in [4.69, 9.17) is 13.9 Å². The van der Waals surface area contributed by atoms with Crippen LogP contribution in [0.1, 0.15) is 16.9 Å². The van der Waals surface area contributed by atoms with Crippen molar-refractivity contribution in [1.82, 2.24) is 0 Å². The standard InChI is InChI=1S/C14H15NO5/c1-8-9(2)20-14-12(19-4)7-11(18-3)10(13(8)14)5-6-15(16)17/h5-7H,1-4H3/b6-5+. The molecule has 0 saturated carbocycles. The molecular formula is C14H15NO5. The zero-order valence-electron chi connectivity index (χ0n) is 11.7. The van der Waals surface area contributed by atoms with Crippen LogP contribution in [-0.4, -0.2) is 19.1 Å². The van der Waals surface area contributed by atoms with Crippen LogP contribution in [0.5, 0.6) is 11.5 Å². The fraction of sp³-hybridized carbons (Fsp3) is 0.286. The molecule has 0 unspecified atom stereocenters. The molecule has 6 nitrogen and oxygen atoms in total. The minimum atomic E-state index is -0.516. The summed E-state index contributed by atoms with van der Waals surface area (Å²) < 4.78 is 16.3. The Labute approximate surface area is 115 Å². The molecule has 0 amide bonds. The average Bonchev–Trinajstić information content (AvgIpc) is 2.72. The lowest BCUT2D eigenvalue weighted by atomic mass is 10.0. The second kappa shape index (κ2) is 5.24. The summed E-state index contributed by atoms with van der Waals surface area (Å²) in [6, 6.07) is 1.66. The van der Waals surface area contributed by atoms with E-state index in [0.717, 1.165) is 22.9 Å². The van der Waals surface area contributed by atoms with Crippen molar-refractivity contribution in [3.63, 3.8) is 0 Å². The SMILES string of the molecule is COc1cc(OC)c2oc(C)c(C)c2c1/C=C/[N+](=O)[O-]. The Morgan fingerprint density at radius 2 is 1.90 bits per heavy atom. The molecule has 2 rings (SSSR count). The van der Waals surface area contributed by atoms with Crippen LogP contribution in [0.2, 0.25) is 0 Å². The van der Waals surface area contributed by atoms with Gasteiger partial charge in [0.25, 0.3) is 0 Å². The highest BCUT2D eigenvalue weighted by Crippen LogP contribution is 2.40. The van der Waals surface area contributed by atoms with Crippen LogP contribution in [0.25, 0.3) is 17.0 Å². The number of hydrogen-bond donors (Lipinski definition) is 0. The number of ether oxygens (including phenoxy) is 2. The lowest BCUT2D eigenvalue weighted by molar-refractivity contribution is -0.400. The number of benzene rings is 1. The maximum atomic E-state index is 10.6. The maximum Gasteiger partial charge on any atom is 0.235 e. The van der Waals surface area contributed by atoms with Crippen molar-refractivity contribution in [1.29, 1.82) is 0 Å². The number of nitrogens with zero attached hydrogens (tertiary/aromatic N) is 1. The number of aryl methyl sites for hydroxylation is 2. The van der Waals surface area contributed by atoms with Gasteiger partial charge in [0.2, 0.25) is 6.20 Å². The van der Waals surface area contributed by atoms with E-state index in [2.05, 4.69) is 0 Å². The second-order valence-corrected chi connectivity index (χ2v) is 4.28. The predicted octanol–water partition coefficient (Wildman–Crippen LogP) is 3.31. The van der Waals surface area contributed by atoms with E-state index < -0.39 is 4.92 Å². The third-order valence-electron chi connectivity index (χ3n) is 3.21. The highest BCUT2D eigenvalue weighted by molar-refractivity contribution is 5.96. The normalized spacial score (nSPS) is 11.2. The van der Waals surface area contributed by atoms with Crippen molar-refractivity contribution in [2.75, 3.05) is 14.2 Å². The number of hydrogen-bond acceptors (Lipinski definition) is 5. The first-order valence-electron chi connectivity index (χ1n) is 5.96. The average molecular weight is 277 g/mol. The smallest absolute Gasteiger partial charge is 0.235 e. The molecule has 6 heteroatoms. The number of rotatable bonds is 4. The molecule has 0 spiro atoms. The molecule has 106 valence electrons. The zero-order valence-corrected chi connectivity index (χ0v) is 11.7. The third-order valence-corrected chi connectivity index (χ3v) is 3.21. The second-order valence-electron chi connectivity index (χ2n) is 4.28. The monoisotopic (exact) mass is 277 g/mol. The van der Waals surface area contributed by atoms with Crippen LogP contribution in [0, 0.1) is 24.0 Å². The van der Waals surface area contributed by atoms with E-state index in [1.165, 1.54) is 20.3 Å². The minimum Gasteiger partial charge on any atom is -0.496 e. The van der Waals surface area contributed by atoms with E-state index in [1.54, 1.807) is 6.07 Å². The summed E-state index contributed by atoms with van der Waals surface area (Å²) in [5.74, 6) is 1.77. The molecule has 0 saturated heterocycles. The first-order chi connectivity index (χ1) is 9.49. The van der Waals surface area contributed by atoms with Gasteiger partial charge in [-0.25, -0.2) is 0 Å². The summed E-state index contributed by atoms with van der Waals surface area (Å²) in [6.45, 7) is 3.73. The number of methoxy groups -OCH3 is 2. The van der Waals surface area contributed by atoms with Gasteiger partial charge >= 0.3 is 0 Å².